The summed E-state index contributed by atoms with van der Waals surface area (Å²) in [5, 5.41) is 26.0. The van der Waals surface area contributed by atoms with Crippen LogP contribution in [0.1, 0.15) is 49.5 Å². The highest BCUT2D eigenvalue weighted by atomic mass is 16.6. The number of carbonyl (C=O) groups excluding carboxylic acids is 2. The second kappa shape index (κ2) is 9.36. The van der Waals surface area contributed by atoms with Gasteiger partial charge in [0.25, 0.3) is 11.6 Å². The van der Waals surface area contributed by atoms with E-state index in [-0.39, 0.29) is 29.8 Å². The third-order valence-corrected chi connectivity index (χ3v) is 6.98. The standard InChI is InChI=1S/C24H25N7O5/c1-36-19-14-17(31(34)35)10-11-18(19)25-23(33)24(12-6-3-7-13-24)29-15-20-26-27-28-30(20)21(22(29)32)16-8-4-2-5-9-16/h2,4-5,8-11,14,21H,3,6-7,12-13,15H2,1H3,(H,25,33). The number of fused-ring (bicyclic) bond motifs is 1. The fraction of sp³-hybridized carbons (Fsp3) is 0.375. The number of non-ortho nitro benzene ring substituents is 1. The van der Waals surface area contributed by atoms with Crippen molar-refractivity contribution in [3.05, 3.63) is 70.0 Å². The van der Waals surface area contributed by atoms with Crippen molar-refractivity contribution in [3.63, 3.8) is 0 Å². The zero-order valence-corrected chi connectivity index (χ0v) is 19.7. The summed E-state index contributed by atoms with van der Waals surface area (Å²) in [6.07, 6.45) is 3.45. The van der Waals surface area contributed by atoms with Crippen molar-refractivity contribution in [2.75, 3.05) is 12.4 Å². The molecule has 2 amide bonds. The first-order valence-corrected chi connectivity index (χ1v) is 11.7. The topological polar surface area (TPSA) is 145 Å². The molecule has 1 saturated carbocycles. The van der Waals surface area contributed by atoms with E-state index in [1.165, 1.54) is 30.0 Å². The highest BCUT2D eigenvalue weighted by molar-refractivity contribution is 6.02. The number of aromatic nitrogens is 4. The highest BCUT2D eigenvalue weighted by Crippen LogP contribution is 2.41. The Kier molecular flexibility index (Phi) is 6.08. The third-order valence-electron chi connectivity index (χ3n) is 6.98. The van der Waals surface area contributed by atoms with Crippen LogP contribution in [0.4, 0.5) is 11.4 Å². The summed E-state index contributed by atoms with van der Waals surface area (Å²) < 4.78 is 6.82. The first-order valence-electron chi connectivity index (χ1n) is 11.7. The van der Waals surface area contributed by atoms with Crippen LogP contribution in [-0.2, 0) is 16.1 Å². The number of hydrogen-bond acceptors (Lipinski definition) is 8. The molecule has 36 heavy (non-hydrogen) atoms. The Morgan fingerprint density at radius 2 is 1.92 bits per heavy atom. The molecular weight excluding hydrogens is 466 g/mol. The Labute approximate surface area is 206 Å². The minimum absolute atomic E-state index is 0.0972. The van der Waals surface area contributed by atoms with E-state index in [4.69, 9.17) is 4.74 Å². The Morgan fingerprint density at radius 1 is 1.17 bits per heavy atom. The average Bonchev–Trinajstić information content (AvgIpc) is 3.37. The molecule has 186 valence electrons. The molecule has 12 nitrogen and oxygen atoms in total. The Balaban J connectivity index is 1.53. The molecule has 2 aromatic carbocycles. The van der Waals surface area contributed by atoms with Gasteiger partial charge in [-0.25, -0.2) is 4.68 Å². The molecule has 0 radical (unpaired) electrons. The molecule has 1 aliphatic carbocycles. The summed E-state index contributed by atoms with van der Waals surface area (Å²) in [6.45, 7) is 0.0972. The number of nitrogens with one attached hydrogen (secondary N) is 1. The molecule has 1 unspecified atom stereocenters. The van der Waals surface area contributed by atoms with Crippen LogP contribution in [-0.4, -0.2) is 54.5 Å². The zero-order chi connectivity index (χ0) is 25.3. The fourth-order valence-electron chi connectivity index (χ4n) is 5.16. The van der Waals surface area contributed by atoms with Crippen LogP contribution in [0.2, 0.25) is 0 Å². The Hall–Kier alpha value is -4.35. The zero-order valence-electron chi connectivity index (χ0n) is 19.7. The van der Waals surface area contributed by atoms with Gasteiger partial charge in [-0.15, -0.1) is 5.10 Å². The number of amides is 2. The maximum Gasteiger partial charge on any atom is 0.273 e. The molecule has 1 atom stereocenters. The predicted molar refractivity (Wildman–Crippen MR) is 127 cm³/mol. The van der Waals surface area contributed by atoms with Crippen LogP contribution >= 0.6 is 0 Å². The number of nitro groups is 1. The van der Waals surface area contributed by atoms with Gasteiger partial charge in [-0.3, -0.25) is 19.7 Å². The van der Waals surface area contributed by atoms with E-state index in [0.29, 0.717) is 24.4 Å². The molecule has 12 heteroatoms. The minimum atomic E-state index is -1.13. The van der Waals surface area contributed by atoms with Crippen molar-refractivity contribution in [2.24, 2.45) is 0 Å². The highest BCUT2D eigenvalue weighted by Gasteiger charge is 2.51. The molecule has 0 spiro atoms. The number of nitro benzene ring substituents is 1. The van der Waals surface area contributed by atoms with Gasteiger partial charge in [0.2, 0.25) is 5.91 Å². The van der Waals surface area contributed by atoms with Crippen LogP contribution in [0, 0.1) is 10.1 Å². The largest absolute Gasteiger partial charge is 0.494 e. The van der Waals surface area contributed by atoms with Gasteiger partial charge >= 0.3 is 0 Å². The van der Waals surface area contributed by atoms with Crippen LogP contribution in [0.25, 0.3) is 0 Å². The van der Waals surface area contributed by atoms with Gasteiger partial charge in [0.15, 0.2) is 11.9 Å². The van der Waals surface area contributed by atoms with Gasteiger partial charge in [-0.05, 0) is 34.9 Å². The Morgan fingerprint density at radius 3 is 2.61 bits per heavy atom. The first kappa shape index (κ1) is 23.4. The van der Waals surface area contributed by atoms with Crippen LogP contribution in [0.3, 0.4) is 0 Å². The first-order chi connectivity index (χ1) is 17.4. The van der Waals surface area contributed by atoms with Crippen molar-refractivity contribution < 1.29 is 19.2 Å². The SMILES string of the molecule is COc1cc([N+](=O)[O-])ccc1NC(=O)C1(N2Cc3nnnn3C(c3ccccc3)C2=O)CCCCC1. The van der Waals surface area contributed by atoms with E-state index < -0.39 is 16.5 Å². The molecule has 3 aromatic rings. The minimum Gasteiger partial charge on any atom is -0.494 e. The maximum absolute atomic E-state index is 14.0. The van der Waals surface area contributed by atoms with Crippen LogP contribution in [0.15, 0.2) is 48.5 Å². The van der Waals surface area contributed by atoms with Crippen LogP contribution in [0.5, 0.6) is 5.75 Å². The number of benzene rings is 2. The van der Waals surface area contributed by atoms with E-state index >= 15 is 0 Å². The molecule has 1 N–H and O–H groups in total. The van der Waals surface area contributed by atoms with Crippen molar-refractivity contribution in [1.29, 1.82) is 0 Å². The number of rotatable bonds is 6. The molecule has 1 aliphatic heterocycles. The van der Waals surface area contributed by atoms with Gasteiger partial charge in [0.05, 0.1) is 30.3 Å². The maximum atomic E-state index is 14.0. The number of anilines is 1. The number of ether oxygens (including phenoxy) is 1. The number of tetrazole rings is 1. The van der Waals surface area contributed by atoms with Gasteiger partial charge in [-0.2, -0.15) is 0 Å². The smallest absolute Gasteiger partial charge is 0.273 e. The summed E-state index contributed by atoms with van der Waals surface area (Å²) in [5.41, 5.74) is -0.260. The fourth-order valence-corrected chi connectivity index (χ4v) is 5.16. The molecule has 0 saturated heterocycles. The summed E-state index contributed by atoms with van der Waals surface area (Å²) in [6, 6.07) is 12.4. The number of hydrogen-bond donors (Lipinski definition) is 1. The predicted octanol–water partition coefficient (Wildman–Crippen LogP) is 2.86. The van der Waals surface area contributed by atoms with E-state index in [2.05, 4.69) is 20.8 Å². The van der Waals surface area contributed by atoms with Gasteiger partial charge in [-0.1, -0.05) is 49.6 Å². The van der Waals surface area contributed by atoms with E-state index in [9.17, 15) is 19.7 Å². The second-order valence-electron chi connectivity index (χ2n) is 8.97. The molecule has 2 aliphatic rings. The lowest BCUT2D eigenvalue weighted by molar-refractivity contribution is -0.384. The van der Waals surface area contributed by atoms with Crippen molar-refractivity contribution >= 4 is 23.2 Å². The quantitative estimate of drug-likeness (QED) is 0.409. The monoisotopic (exact) mass is 491 g/mol. The molecule has 2 heterocycles. The summed E-state index contributed by atoms with van der Waals surface area (Å²) >= 11 is 0. The van der Waals surface area contributed by atoms with Crippen molar-refractivity contribution in [2.45, 2.75) is 50.2 Å². The van der Waals surface area contributed by atoms with Gasteiger partial charge in [0, 0.05) is 6.07 Å². The Bertz CT molecular complexity index is 1300. The molecule has 0 bridgehead atoms. The van der Waals surface area contributed by atoms with E-state index in [1.807, 2.05) is 30.3 Å². The average molecular weight is 492 g/mol. The van der Waals surface area contributed by atoms with Crippen molar-refractivity contribution in [3.8, 4) is 5.75 Å². The van der Waals surface area contributed by atoms with Gasteiger partial charge < -0.3 is 15.0 Å². The summed E-state index contributed by atoms with van der Waals surface area (Å²) in [4.78, 5) is 40.2. The summed E-state index contributed by atoms with van der Waals surface area (Å²) in [7, 11) is 1.38. The third kappa shape index (κ3) is 3.93. The number of nitrogens with zero attached hydrogens (tertiary/aromatic N) is 6. The normalized spacial score (nSPS) is 18.9. The molecular formula is C24H25N7O5. The lowest BCUT2D eigenvalue weighted by atomic mass is 9.78. The van der Waals surface area contributed by atoms with E-state index in [0.717, 1.165) is 24.8 Å². The second-order valence-corrected chi connectivity index (χ2v) is 8.97. The van der Waals surface area contributed by atoms with Gasteiger partial charge in [0.1, 0.15) is 11.3 Å². The molecule has 5 rings (SSSR count). The molecule has 1 aromatic heterocycles. The lowest BCUT2D eigenvalue weighted by Crippen LogP contribution is -2.62. The summed E-state index contributed by atoms with van der Waals surface area (Å²) in [5.74, 6) is 0.0397. The number of methoxy groups -OCH3 is 1. The van der Waals surface area contributed by atoms with Crippen LogP contribution < -0.4 is 10.1 Å². The van der Waals surface area contributed by atoms with Crippen molar-refractivity contribution in [1.82, 2.24) is 25.1 Å². The molecule has 1 fully saturated rings. The lowest BCUT2D eigenvalue weighted by Gasteiger charge is -2.47. The van der Waals surface area contributed by atoms with E-state index in [1.54, 1.807) is 4.90 Å². The number of carbonyl (C=O) groups is 2.